The molecule has 3 rings (SSSR count). The first-order valence-corrected chi connectivity index (χ1v) is 8.19. The van der Waals surface area contributed by atoms with E-state index in [4.69, 9.17) is 0 Å². The number of nitrogens with zero attached hydrogens (tertiary/aromatic N) is 1. The molecule has 0 radical (unpaired) electrons. The number of aliphatic hydroxyl groups is 1. The first kappa shape index (κ1) is 21.4. The number of imidazole rings is 1. The Labute approximate surface area is 162 Å². The van der Waals surface area contributed by atoms with Crippen LogP contribution in [0.15, 0.2) is 35.3 Å². The number of rotatable bonds is 4. The molecule has 0 saturated carbocycles. The smallest absolute Gasteiger partial charge is 0.387 e. The van der Waals surface area contributed by atoms with E-state index >= 15 is 0 Å². The average molecular weight is 434 g/mol. The number of alkyl halides is 6. The van der Waals surface area contributed by atoms with Crippen molar-refractivity contribution in [3.63, 3.8) is 0 Å². The van der Waals surface area contributed by atoms with Crippen LogP contribution >= 0.6 is 0 Å². The van der Waals surface area contributed by atoms with Gasteiger partial charge in [0.1, 0.15) is 0 Å². The summed E-state index contributed by atoms with van der Waals surface area (Å²) in [6, 6.07) is 1.92. The van der Waals surface area contributed by atoms with Crippen molar-refractivity contribution in [1.82, 2.24) is 20.3 Å². The first-order valence-electron chi connectivity index (χ1n) is 8.19. The fourth-order valence-electron chi connectivity index (χ4n) is 2.70. The van der Waals surface area contributed by atoms with E-state index < -0.39 is 53.3 Å². The van der Waals surface area contributed by atoms with Crippen LogP contribution in [0.1, 0.15) is 33.2 Å². The monoisotopic (exact) mass is 434 g/mol. The van der Waals surface area contributed by atoms with Gasteiger partial charge in [-0.3, -0.25) is 9.78 Å². The van der Waals surface area contributed by atoms with Crippen molar-refractivity contribution < 1.29 is 36.2 Å². The van der Waals surface area contributed by atoms with Crippen LogP contribution in [-0.2, 0) is 12.4 Å². The highest BCUT2D eigenvalue weighted by Crippen LogP contribution is 2.37. The number of benzene rings is 1. The molecule has 0 spiro atoms. The van der Waals surface area contributed by atoms with Gasteiger partial charge in [0.25, 0.3) is 5.91 Å². The number of hydrogen-bond acceptors (Lipinski definition) is 4. The molecule has 4 N–H and O–H groups in total. The van der Waals surface area contributed by atoms with Gasteiger partial charge in [0.15, 0.2) is 5.65 Å². The number of hydrogen-bond donors (Lipinski definition) is 4. The van der Waals surface area contributed by atoms with E-state index in [2.05, 4.69) is 20.3 Å². The summed E-state index contributed by atoms with van der Waals surface area (Å²) in [4.78, 5) is 32.1. The second-order valence-electron chi connectivity index (χ2n) is 6.23. The number of aromatic amines is 2. The van der Waals surface area contributed by atoms with Crippen LogP contribution in [0.25, 0.3) is 11.2 Å². The van der Waals surface area contributed by atoms with Gasteiger partial charge in [-0.25, -0.2) is 9.78 Å². The van der Waals surface area contributed by atoms with Crippen molar-refractivity contribution in [1.29, 1.82) is 0 Å². The van der Waals surface area contributed by atoms with E-state index in [0.717, 1.165) is 0 Å². The van der Waals surface area contributed by atoms with Crippen molar-refractivity contribution in [3.8, 4) is 0 Å². The van der Waals surface area contributed by atoms with Crippen LogP contribution in [0.5, 0.6) is 0 Å². The molecule has 0 aliphatic heterocycles. The predicted octanol–water partition coefficient (Wildman–Crippen LogP) is 2.75. The number of H-pyrrole nitrogens is 2. The Morgan fingerprint density at radius 2 is 1.67 bits per heavy atom. The summed E-state index contributed by atoms with van der Waals surface area (Å²) in [6.07, 6.45) is -10.8. The highest BCUT2D eigenvalue weighted by Gasteiger charge is 2.37. The van der Waals surface area contributed by atoms with E-state index in [1.807, 2.05) is 0 Å². The lowest BCUT2D eigenvalue weighted by Crippen LogP contribution is -2.29. The van der Waals surface area contributed by atoms with E-state index in [1.54, 1.807) is 0 Å². The summed E-state index contributed by atoms with van der Waals surface area (Å²) in [5.74, 6) is -0.834. The Morgan fingerprint density at radius 3 is 2.23 bits per heavy atom. The van der Waals surface area contributed by atoms with Gasteiger partial charge in [0.2, 0.25) is 0 Å². The Morgan fingerprint density at radius 1 is 1.07 bits per heavy atom. The van der Waals surface area contributed by atoms with Gasteiger partial charge >= 0.3 is 18.0 Å². The molecule has 160 valence electrons. The van der Waals surface area contributed by atoms with Gasteiger partial charge < -0.3 is 15.4 Å². The van der Waals surface area contributed by atoms with Crippen LogP contribution in [0.3, 0.4) is 0 Å². The summed E-state index contributed by atoms with van der Waals surface area (Å²) in [5.41, 5.74) is -4.43. The average Bonchev–Trinajstić information content (AvgIpc) is 3.04. The molecule has 0 aliphatic rings. The molecule has 30 heavy (non-hydrogen) atoms. The standard InChI is InChI=1S/C17H12F6N4O3/c18-16(19,20)8-3-7(4-9(5-8)17(21,22)23)11(28)6-25-14(29)10-1-2-24-13-12(10)26-15(30)27-13/h1-5,11,28H,6H2,(H,25,29)(H2,24,26,27,30). The first-order chi connectivity index (χ1) is 13.9. The number of nitrogens with one attached hydrogen (secondary N) is 3. The lowest BCUT2D eigenvalue weighted by Gasteiger charge is -2.18. The molecular formula is C17H12F6N4O3. The van der Waals surface area contributed by atoms with Crippen LogP contribution in [-0.4, -0.2) is 32.5 Å². The van der Waals surface area contributed by atoms with Gasteiger partial charge in [0.05, 0.1) is 28.3 Å². The molecule has 1 unspecified atom stereocenters. The van der Waals surface area contributed by atoms with Gasteiger partial charge in [-0.05, 0) is 29.8 Å². The van der Waals surface area contributed by atoms with E-state index in [-0.39, 0.29) is 22.8 Å². The highest BCUT2D eigenvalue weighted by atomic mass is 19.4. The maximum atomic E-state index is 12.9. The van der Waals surface area contributed by atoms with Crippen LogP contribution in [0.2, 0.25) is 0 Å². The third kappa shape index (κ3) is 4.45. The highest BCUT2D eigenvalue weighted by molar-refractivity contribution is 6.03. The number of carbonyl (C=O) groups is 1. The second kappa shape index (κ2) is 7.48. The Bertz CT molecular complexity index is 1120. The second-order valence-corrected chi connectivity index (χ2v) is 6.23. The Hall–Kier alpha value is -3.35. The van der Waals surface area contributed by atoms with Gasteiger partial charge in [-0.1, -0.05) is 0 Å². The summed E-state index contributed by atoms with van der Waals surface area (Å²) >= 11 is 0. The Balaban J connectivity index is 1.84. The number of fused-ring (bicyclic) bond motifs is 1. The topological polar surface area (TPSA) is 111 Å². The number of pyridine rings is 1. The number of halogens is 6. The maximum Gasteiger partial charge on any atom is 0.416 e. The molecule has 0 saturated heterocycles. The van der Waals surface area contributed by atoms with Crippen LogP contribution < -0.4 is 11.0 Å². The molecule has 0 fully saturated rings. The van der Waals surface area contributed by atoms with Crippen molar-refractivity contribution in [3.05, 3.63) is 63.2 Å². The fourth-order valence-corrected chi connectivity index (χ4v) is 2.70. The van der Waals surface area contributed by atoms with Gasteiger partial charge in [-0.2, -0.15) is 26.3 Å². The van der Waals surface area contributed by atoms with E-state index in [9.17, 15) is 41.0 Å². The third-order valence-electron chi connectivity index (χ3n) is 4.12. The number of aliphatic hydroxyl groups excluding tert-OH is 1. The molecule has 7 nitrogen and oxygen atoms in total. The summed E-state index contributed by atoms with van der Waals surface area (Å²) in [7, 11) is 0. The van der Waals surface area contributed by atoms with E-state index in [0.29, 0.717) is 12.1 Å². The molecule has 0 aliphatic carbocycles. The molecule has 0 bridgehead atoms. The van der Waals surface area contributed by atoms with Crippen molar-refractivity contribution in [2.24, 2.45) is 0 Å². The maximum absolute atomic E-state index is 12.9. The number of carbonyl (C=O) groups excluding carboxylic acids is 1. The number of amides is 1. The molecule has 1 atom stereocenters. The SMILES string of the molecule is O=C(NCC(O)c1cc(C(F)(F)F)cc(C(F)(F)F)c1)c1ccnc2[nH]c(=O)[nH]c12. The van der Waals surface area contributed by atoms with Crippen LogP contribution in [0.4, 0.5) is 26.3 Å². The summed E-state index contributed by atoms with van der Waals surface area (Å²) in [6.45, 7) is -0.685. The predicted molar refractivity (Wildman–Crippen MR) is 90.5 cm³/mol. The lowest BCUT2D eigenvalue weighted by molar-refractivity contribution is -0.143. The van der Waals surface area contributed by atoms with E-state index in [1.165, 1.54) is 12.3 Å². The lowest BCUT2D eigenvalue weighted by atomic mass is 10.0. The zero-order chi connectivity index (χ0) is 22.3. The van der Waals surface area contributed by atoms with Gasteiger partial charge in [0, 0.05) is 12.7 Å². The van der Waals surface area contributed by atoms with Crippen molar-refractivity contribution in [2.45, 2.75) is 18.5 Å². The molecule has 13 heteroatoms. The molecule has 1 amide bonds. The summed E-state index contributed by atoms with van der Waals surface area (Å²) in [5, 5.41) is 12.3. The van der Waals surface area contributed by atoms with Crippen molar-refractivity contribution in [2.75, 3.05) is 6.54 Å². The molecular weight excluding hydrogens is 422 g/mol. The van der Waals surface area contributed by atoms with Crippen LogP contribution in [0, 0.1) is 0 Å². The minimum absolute atomic E-state index is 0.0490. The number of aromatic nitrogens is 3. The fraction of sp³-hybridized carbons (Fsp3) is 0.235. The normalized spacial score (nSPS) is 13.4. The molecule has 2 aromatic heterocycles. The van der Waals surface area contributed by atoms with Crippen molar-refractivity contribution >= 4 is 17.1 Å². The Kier molecular flexibility index (Phi) is 5.33. The summed E-state index contributed by atoms with van der Waals surface area (Å²) < 4.78 is 77.6. The molecule has 1 aromatic carbocycles. The minimum atomic E-state index is -5.07. The third-order valence-corrected chi connectivity index (χ3v) is 4.12. The zero-order valence-corrected chi connectivity index (χ0v) is 14.6. The zero-order valence-electron chi connectivity index (χ0n) is 14.6. The molecule has 3 aromatic rings. The minimum Gasteiger partial charge on any atom is -0.387 e. The molecule has 2 heterocycles. The quantitative estimate of drug-likeness (QED) is 0.474. The largest absolute Gasteiger partial charge is 0.416 e. The van der Waals surface area contributed by atoms with Gasteiger partial charge in [-0.15, -0.1) is 0 Å².